The van der Waals surface area contributed by atoms with Crippen molar-refractivity contribution in [2.45, 2.75) is 0 Å². The van der Waals surface area contributed by atoms with Crippen LogP contribution in [0.4, 0.5) is 0 Å². The summed E-state index contributed by atoms with van der Waals surface area (Å²) < 4.78 is 47.3. The van der Waals surface area contributed by atoms with Crippen molar-refractivity contribution in [3.8, 4) is 34.1 Å². The van der Waals surface area contributed by atoms with Gasteiger partial charge in [-0.25, -0.2) is 0 Å². The Morgan fingerprint density at radius 1 is 0.780 bits per heavy atom. The zero-order valence-electron chi connectivity index (χ0n) is 22.5. The lowest BCUT2D eigenvalue weighted by molar-refractivity contribution is -0.255. The molecule has 14 nitrogen and oxygen atoms in total. The number of ether oxygens (including phenoxy) is 8. The minimum absolute atomic E-state index is 0.0790. The summed E-state index contributed by atoms with van der Waals surface area (Å²) in [5.41, 5.74) is -2.14. The highest BCUT2D eigenvalue weighted by atomic mass is 16.7. The van der Waals surface area contributed by atoms with E-state index in [1.54, 1.807) is 0 Å². The Balaban J connectivity index is 1.95. The van der Waals surface area contributed by atoms with E-state index in [-0.39, 0.29) is 72.3 Å². The molecule has 2 aromatic carbocycles. The van der Waals surface area contributed by atoms with Crippen molar-refractivity contribution in [2.75, 3.05) is 55.6 Å². The van der Waals surface area contributed by atoms with E-state index in [0.717, 1.165) is 6.26 Å². The molecule has 0 saturated heterocycles. The number of methoxy groups -OCH3 is 4. The molecule has 0 aliphatic heterocycles. The van der Waals surface area contributed by atoms with Gasteiger partial charge in [0.1, 0.15) is 11.8 Å². The van der Waals surface area contributed by atoms with Gasteiger partial charge >= 0.3 is 0 Å². The number of nitrogens with one attached hydrogen (secondary N) is 1. The second-order valence-electron chi connectivity index (χ2n) is 8.30. The molecule has 0 atom stereocenters. The number of aromatic carboxylic acids is 1. The van der Waals surface area contributed by atoms with Crippen molar-refractivity contribution in [3.63, 3.8) is 0 Å². The average molecular weight is 572 g/mol. The van der Waals surface area contributed by atoms with Crippen molar-refractivity contribution < 1.29 is 52.2 Å². The van der Waals surface area contributed by atoms with Crippen LogP contribution in [-0.2, 0) is 18.9 Å². The number of H-pyrrole nitrogens is 1. The minimum Gasteiger partial charge on any atom is -0.545 e. The number of pyridine rings is 1. The smallest absolute Gasteiger partial charge is 0.201 e. The Kier molecular flexibility index (Phi) is 9.41. The molecule has 0 amide bonds. The lowest BCUT2D eigenvalue weighted by atomic mass is 10.0. The maximum atomic E-state index is 13.7. The second kappa shape index (κ2) is 13.1. The molecule has 1 N–H and O–H groups in total. The van der Waals surface area contributed by atoms with E-state index in [9.17, 15) is 19.5 Å². The van der Waals surface area contributed by atoms with Crippen LogP contribution in [0.1, 0.15) is 10.4 Å². The van der Waals surface area contributed by atoms with Crippen LogP contribution >= 0.6 is 0 Å². The van der Waals surface area contributed by atoms with Crippen LogP contribution in [0.5, 0.6) is 23.0 Å². The van der Waals surface area contributed by atoms with Gasteiger partial charge in [-0.15, -0.1) is 0 Å². The maximum absolute atomic E-state index is 13.7. The number of carboxylic acids is 1. The number of benzene rings is 2. The lowest BCUT2D eigenvalue weighted by Gasteiger charge is -2.18. The summed E-state index contributed by atoms with van der Waals surface area (Å²) >= 11 is 0. The quantitative estimate of drug-likeness (QED) is 0.216. The van der Waals surface area contributed by atoms with E-state index in [1.807, 2.05) is 0 Å². The number of aromatic amines is 1. The van der Waals surface area contributed by atoms with Crippen LogP contribution in [0.15, 0.2) is 44.7 Å². The summed E-state index contributed by atoms with van der Waals surface area (Å²) in [5.74, 6) is -1.71. The first kappa shape index (κ1) is 29.4. The van der Waals surface area contributed by atoms with Crippen LogP contribution < -0.4 is 34.9 Å². The van der Waals surface area contributed by atoms with Gasteiger partial charge in [0.15, 0.2) is 55.6 Å². The third kappa shape index (κ3) is 5.95. The zero-order chi connectivity index (χ0) is 29.5. The molecular formula is C27H26NO13-. The third-order valence-electron chi connectivity index (χ3n) is 5.74. The van der Waals surface area contributed by atoms with E-state index in [2.05, 4.69) is 4.98 Å². The Morgan fingerprint density at radius 3 is 1.98 bits per heavy atom. The molecule has 0 aliphatic rings. The molecule has 4 aromatic rings. The Labute approximate surface area is 231 Å². The summed E-state index contributed by atoms with van der Waals surface area (Å²) in [4.78, 5) is 42.6. The first-order chi connectivity index (χ1) is 19.9. The fourth-order valence-electron chi connectivity index (χ4n) is 4.02. The average Bonchev–Trinajstić information content (AvgIpc) is 2.97. The number of carbonyl (C=O) groups is 1. The SMILES string of the molecule is COCOc1cc2[nH]cc(-c3coc4cc(OCOC)c(OCOC)c(C(=O)[O-])c4c3=O)c(=O)c2cc1OCOC. The van der Waals surface area contributed by atoms with Gasteiger partial charge in [-0.2, -0.15) is 0 Å². The highest BCUT2D eigenvalue weighted by Crippen LogP contribution is 2.38. The number of hydrogen-bond donors (Lipinski definition) is 1. The first-order valence-corrected chi connectivity index (χ1v) is 11.9. The van der Waals surface area contributed by atoms with Gasteiger partial charge < -0.3 is 57.2 Å². The molecule has 0 unspecified atom stereocenters. The number of carbonyl (C=O) groups excluding carboxylic acids is 1. The van der Waals surface area contributed by atoms with E-state index in [4.69, 9.17) is 42.3 Å². The predicted octanol–water partition coefficient (Wildman–Crippen LogP) is 1.60. The predicted molar refractivity (Wildman–Crippen MR) is 140 cm³/mol. The summed E-state index contributed by atoms with van der Waals surface area (Å²) in [5, 5.41) is 12.0. The number of fused-ring (bicyclic) bond motifs is 2. The Hall–Kier alpha value is -4.63. The molecule has 0 radical (unpaired) electrons. The van der Waals surface area contributed by atoms with E-state index >= 15 is 0 Å². The molecule has 0 fully saturated rings. The van der Waals surface area contributed by atoms with Gasteiger partial charge in [-0.1, -0.05) is 0 Å². The highest BCUT2D eigenvalue weighted by molar-refractivity contribution is 6.06. The topological polar surface area (TPSA) is 177 Å². The maximum Gasteiger partial charge on any atom is 0.201 e. The van der Waals surface area contributed by atoms with Crippen molar-refractivity contribution in [2.24, 2.45) is 0 Å². The highest BCUT2D eigenvalue weighted by Gasteiger charge is 2.24. The molecule has 14 heteroatoms. The molecule has 0 bridgehead atoms. The van der Waals surface area contributed by atoms with Crippen LogP contribution in [-0.4, -0.2) is 66.6 Å². The lowest BCUT2D eigenvalue weighted by Crippen LogP contribution is -2.26. The van der Waals surface area contributed by atoms with E-state index < -0.39 is 27.8 Å². The largest absolute Gasteiger partial charge is 0.545 e. The molecular weight excluding hydrogens is 546 g/mol. The number of rotatable bonds is 14. The second-order valence-corrected chi connectivity index (χ2v) is 8.30. The zero-order valence-corrected chi connectivity index (χ0v) is 22.5. The van der Waals surface area contributed by atoms with Crippen molar-refractivity contribution >= 4 is 27.8 Å². The molecule has 0 spiro atoms. The molecule has 0 aliphatic carbocycles. The Morgan fingerprint density at radius 2 is 1.37 bits per heavy atom. The normalized spacial score (nSPS) is 11.1. The van der Waals surface area contributed by atoms with Crippen LogP contribution in [0, 0.1) is 0 Å². The minimum atomic E-state index is -1.75. The van der Waals surface area contributed by atoms with Crippen molar-refractivity contribution in [1.82, 2.24) is 4.98 Å². The Bertz CT molecular complexity index is 1670. The molecule has 2 heterocycles. The van der Waals surface area contributed by atoms with Crippen molar-refractivity contribution in [3.05, 3.63) is 56.7 Å². The van der Waals surface area contributed by atoms with Gasteiger partial charge in [0, 0.05) is 46.8 Å². The third-order valence-corrected chi connectivity index (χ3v) is 5.74. The van der Waals surface area contributed by atoms with E-state index in [1.165, 1.54) is 52.8 Å². The van der Waals surface area contributed by atoms with Crippen LogP contribution in [0.2, 0.25) is 0 Å². The van der Waals surface area contributed by atoms with Gasteiger partial charge in [0.25, 0.3) is 0 Å². The molecule has 41 heavy (non-hydrogen) atoms. The first-order valence-electron chi connectivity index (χ1n) is 11.9. The van der Waals surface area contributed by atoms with Crippen LogP contribution in [0.25, 0.3) is 33.0 Å². The standard InChI is InChI=1S/C27H27NO13/c1-33-10-38-18-5-14-17(6-19(18)39-11-34-2)28-8-15(24(14)29)16-9-37-20-7-21(40-12-35-3)26(41-13-36-4)23(27(31)32)22(20)25(16)30/h5-9H,10-13H2,1-4H3,(H,28,29)(H,31,32)/p-1. The molecule has 2 aromatic heterocycles. The fourth-order valence-corrected chi connectivity index (χ4v) is 4.02. The summed E-state index contributed by atoms with van der Waals surface area (Å²) in [6.07, 6.45) is 2.35. The number of hydrogen-bond acceptors (Lipinski definition) is 13. The number of aromatic nitrogens is 1. The molecule has 4 rings (SSSR count). The van der Waals surface area contributed by atoms with Gasteiger partial charge in [0.05, 0.1) is 38.9 Å². The van der Waals surface area contributed by atoms with Gasteiger partial charge in [-0.05, 0) is 6.07 Å². The van der Waals surface area contributed by atoms with Gasteiger partial charge in [-0.3, -0.25) is 9.59 Å². The van der Waals surface area contributed by atoms with E-state index in [0.29, 0.717) is 5.52 Å². The monoisotopic (exact) mass is 572 g/mol. The fraction of sp³-hybridized carbons (Fsp3) is 0.296. The summed E-state index contributed by atoms with van der Waals surface area (Å²) in [7, 11) is 5.57. The van der Waals surface area contributed by atoms with Crippen LogP contribution in [0.3, 0.4) is 0 Å². The summed E-state index contributed by atoms with van der Waals surface area (Å²) in [6.45, 7) is -0.834. The molecule has 218 valence electrons. The molecule has 0 saturated carbocycles. The van der Waals surface area contributed by atoms with Gasteiger partial charge in [0.2, 0.25) is 5.43 Å². The summed E-state index contributed by atoms with van der Waals surface area (Å²) in [6, 6.07) is 4.22. The number of carboxylic acid groups (broad SMARTS) is 1. The van der Waals surface area contributed by atoms with Crippen molar-refractivity contribution in [1.29, 1.82) is 0 Å².